The fourth-order valence-electron chi connectivity index (χ4n) is 2.22. The van der Waals surface area contributed by atoms with Crippen molar-refractivity contribution in [3.63, 3.8) is 0 Å². The summed E-state index contributed by atoms with van der Waals surface area (Å²) in [4.78, 5) is 0. The largest absolute Gasteiger partial charge is 0.493 e. The van der Waals surface area contributed by atoms with Crippen molar-refractivity contribution in [2.75, 3.05) is 20.8 Å². The van der Waals surface area contributed by atoms with Gasteiger partial charge in [-0.1, -0.05) is 6.58 Å². The molecule has 0 saturated carbocycles. The maximum Gasteiger partial charge on any atom is 0.161 e. The molecule has 3 nitrogen and oxygen atoms in total. The van der Waals surface area contributed by atoms with Gasteiger partial charge in [-0.25, -0.2) is 0 Å². The summed E-state index contributed by atoms with van der Waals surface area (Å²) in [6, 6.07) is 4.02. The molecule has 1 aliphatic carbocycles. The highest BCUT2D eigenvalue weighted by molar-refractivity contribution is 5.75. The standard InChI is InChI=1S/C13H17NO2/c1-8-10(7-14)4-9-5-12(15-2)13(16-3)6-11(8)9/h5-6,10H,1,4,7,14H2,2-3H3. The summed E-state index contributed by atoms with van der Waals surface area (Å²) in [5.41, 5.74) is 9.24. The van der Waals surface area contributed by atoms with E-state index in [2.05, 4.69) is 6.58 Å². The zero-order valence-corrected chi connectivity index (χ0v) is 9.75. The second kappa shape index (κ2) is 4.18. The summed E-state index contributed by atoms with van der Waals surface area (Å²) in [6.45, 7) is 4.74. The third kappa shape index (κ3) is 1.57. The van der Waals surface area contributed by atoms with Crippen molar-refractivity contribution in [2.45, 2.75) is 6.42 Å². The minimum Gasteiger partial charge on any atom is -0.493 e. The molecular formula is C13H17NO2. The van der Waals surface area contributed by atoms with Gasteiger partial charge in [0.1, 0.15) is 0 Å². The van der Waals surface area contributed by atoms with Gasteiger partial charge in [0.05, 0.1) is 14.2 Å². The summed E-state index contributed by atoms with van der Waals surface area (Å²) in [7, 11) is 3.29. The minimum absolute atomic E-state index is 0.354. The van der Waals surface area contributed by atoms with Crippen LogP contribution in [0.2, 0.25) is 0 Å². The molecule has 0 aromatic heterocycles. The van der Waals surface area contributed by atoms with Crippen molar-refractivity contribution >= 4 is 5.57 Å². The van der Waals surface area contributed by atoms with E-state index < -0.39 is 0 Å². The summed E-state index contributed by atoms with van der Waals surface area (Å²) in [5, 5.41) is 0. The molecule has 86 valence electrons. The molecule has 0 fully saturated rings. The van der Waals surface area contributed by atoms with Gasteiger partial charge in [-0.15, -0.1) is 0 Å². The molecule has 1 aliphatic rings. The van der Waals surface area contributed by atoms with Gasteiger partial charge >= 0.3 is 0 Å². The Morgan fingerprint density at radius 3 is 2.50 bits per heavy atom. The average Bonchev–Trinajstić information content (AvgIpc) is 2.63. The van der Waals surface area contributed by atoms with E-state index in [1.165, 1.54) is 5.56 Å². The van der Waals surface area contributed by atoms with Gasteiger partial charge in [-0.3, -0.25) is 0 Å². The Morgan fingerprint density at radius 2 is 1.94 bits per heavy atom. The molecule has 0 heterocycles. The molecule has 1 atom stereocenters. The quantitative estimate of drug-likeness (QED) is 0.843. The van der Waals surface area contributed by atoms with Crippen LogP contribution in [0.3, 0.4) is 0 Å². The van der Waals surface area contributed by atoms with Crippen LogP contribution < -0.4 is 15.2 Å². The van der Waals surface area contributed by atoms with E-state index >= 15 is 0 Å². The molecule has 1 aromatic rings. The van der Waals surface area contributed by atoms with Crippen molar-refractivity contribution in [3.05, 3.63) is 29.8 Å². The predicted octanol–water partition coefficient (Wildman–Crippen LogP) is 1.85. The first-order valence-electron chi connectivity index (χ1n) is 5.35. The van der Waals surface area contributed by atoms with Gasteiger partial charge in [-0.05, 0) is 41.8 Å². The minimum atomic E-state index is 0.354. The number of fused-ring (bicyclic) bond motifs is 1. The maximum atomic E-state index is 5.72. The molecule has 0 amide bonds. The van der Waals surface area contributed by atoms with Crippen LogP contribution in [-0.2, 0) is 6.42 Å². The predicted molar refractivity (Wildman–Crippen MR) is 64.8 cm³/mol. The molecule has 2 rings (SSSR count). The Kier molecular flexibility index (Phi) is 2.88. The van der Waals surface area contributed by atoms with Crippen molar-refractivity contribution < 1.29 is 9.47 Å². The number of hydrogen-bond donors (Lipinski definition) is 1. The van der Waals surface area contributed by atoms with E-state index in [1.54, 1.807) is 14.2 Å². The van der Waals surface area contributed by atoms with Crippen molar-refractivity contribution in [1.82, 2.24) is 0 Å². The second-order valence-electron chi connectivity index (χ2n) is 4.03. The average molecular weight is 219 g/mol. The molecule has 1 aromatic carbocycles. The van der Waals surface area contributed by atoms with Crippen LogP contribution in [0.5, 0.6) is 11.5 Å². The van der Waals surface area contributed by atoms with E-state index in [4.69, 9.17) is 15.2 Å². The van der Waals surface area contributed by atoms with Gasteiger partial charge < -0.3 is 15.2 Å². The zero-order chi connectivity index (χ0) is 11.7. The Balaban J connectivity index is 2.47. The SMILES string of the molecule is C=C1c2cc(OC)c(OC)cc2CC1CN. The van der Waals surface area contributed by atoms with Crippen LogP contribution in [-0.4, -0.2) is 20.8 Å². The highest BCUT2D eigenvalue weighted by Crippen LogP contribution is 2.41. The van der Waals surface area contributed by atoms with Crippen molar-refractivity contribution in [2.24, 2.45) is 11.7 Å². The molecule has 0 aliphatic heterocycles. The first kappa shape index (κ1) is 11.0. The van der Waals surface area contributed by atoms with Gasteiger partial charge in [0.2, 0.25) is 0 Å². The molecule has 0 spiro atoms. The number of hydrogen-bond acceptors (Lipinski definition) is 3. The van der Waals surface area contributed by atoms with Crippen molar-refractivity contribution in [1.29, 1.82) is 0 Å². The molecule has 0 saturated heterocycles. The Bertz CT molecular complexity index is 426. The number of nitrogens with two attached hydrogens (primary N) is 1. The molecule has 2 N–H and O–H groups in total. The van der Waals surface area contributed by atoms with E-state index in [1.807, 2.05) is 12.1 Å². The fourth-order valence-corrected chi connectivity index (χ4v) is 2.22. The van der Waals surface area contributed by atoms with Gasteiger partial charge in [0.15, 0.2) is 11.5 Å². The molecule has 3 heteroatoms. The van der Waals surface area contributed by atoms with Crippen LogP contribution in [0.1, 0.15) is 11.1 Å². The van der Waals surface area contributed by atoms with Crippen molar-refractivity contribution in [3.8, 4) is 11.5 Å². The van der Waals surface area contributed by atoms with E-state index in [0.717, 1.165) is 29.1 Å². The number of ether oxygens (including phenoxy) is 2. The monoisotopic (exact) mass is 219 g/mol. The highest BCUT2D eigenvalue weighted by Gasteiger charge is 2.26. The summed E-state index contributed by atoms with van der Waals surface area (Å²) in [6.07, 6.45) is 0.949. The van der Waals surface area contributed by atoms with Crippen LogP contribution in [0, 0.1) is 5.92 Å². The van der Waals surface area contributed by atoms with Crippen LogP contribution in [0.4, 0.5) is 0 Å². The normalized spacial score (nSPS) is 18.4. The number of benzene rings is 1. The highest BCUT2D eigenvalue weighted by atomic mass is 16.5. The lowest BCUT2D eigenvalue weighted by atomic mass is 10.0. The molecular weight excluding hydrogens is 202 g/mol. The third-order valence-electron chi connectivity index (χ3n) is 3.20. The lowest BCUT2D eigenvalue weighted by molar-refractivity contribution is 0.354. The van der Waals surface area contributed by atoms with Gasteiger partial charge in [0.25, 0.3) is 0 Å². The summed E-state index contributed by atoms with van der Waals surface area (Å²) in [5.74, 6) is 1.87. The lowest BCUT2D eigenvalue weighted by Gasteiger charge is -2.10. The molecule has 0 radical (unpaired) electrons. The first-order chi connectivity index (χ1) is 7.71. The van der Waals surface area contributed by atoms with Crippen LogP contribution in [0.15, 0.2) is 18.7 Å². The second-order valence-corrected chi connectivity index (χ2v) is 4.03. The Morgan fingerprint density at radius 1 is 1.31 bits per heavy atom. The zero-order valence-electron chi connectivity index (χ0n) is 9.75. The third-order valence-corrected chi connectivity index (χ3v) is 3.20. The summed E-state index contributed by atoms with van der Waals surface area (Å²) < 4.78 is 10.6. The van der Waals surface area contributed by atoms with E-state index in [0.29, 0.717) is 12.5 Å². The lowest BCUT2D eigenvalue weighted by Crippen LogP contribution is -2.12. The molecule has 0 bridgehead atoms. The smallest absolute Gasteiger partial charge is 0.161 e. The van der Waals surface area contributed by atoms with E-state index in [9.17, 15) is 0 Å². The fraction of sp³-hybridized carbons (Fsp3) is 0.385. The van der Waals surface area contributed by atoms with Crippen LogP contribution >= 0.6 is 0 Å². The Labute approximate surface area is 95.9 Å². The van der Waals surface area contributed by atoms with Crippen LogP contribution in [0.25, 0.3) is 5.57 Å². The number of methoxy groups -OCH3 is 2. The summed E-state index contributed by atoms with van der Waals surface area (Å²) >= 11 is 0. The van der Waals surface area contributed by atoms with E-state index in [-0.39, 0.29) is 0 Å². The number of rotatable bonds is 3. The van der Waals surface area contributed by atoms with Gasteiger partial charge in [-0.2, -0.15) is 0 Å². The Hall–Kier alpha value is -1.48. The topological polar surface area (TPSA) is 44.5 Å². The molecule has 16 heavy (non-hydrogen) atoms. The molecule has 1 unspecified atom stereocenters. The van der Waals surface area contributed by atoms with Gasteiger partial charge in [0, 0.05) is 5.92 Å². The maximum absolute atomic E-state index is 5.72. The first-order valence-corrected chi connectivity index (χ1v) is 5.35.